The van der Waals surface area contributed by atoms with E-state index >= 15 is 0 Å². The summed E-state index contributed by atoms with van der Waals surface area (Å²) >= 11 is 0. The lowest BCUT2D eigenvalue weighted by Gasteiger charge is -2.26. The van der Waals surface area contributed by atoms with Gasteiger partial charge in [-0.2, -0.15) is 0 Å². The summed E-state index contributed by atoms with van der Waals surface area (Å²) in [6.07, 6.45) is 5.61. The molecule has 1 saturated heterocycles. The van der Waals surface area contributed by atoms with Gasteiger partial charge in [-0.1, -0.05) is 6.08 Å². The Morgan fingerprint density at radius 1 is 1.57 bits per heavy atom. The van der Waals surface area contributed by atoms with Crippen LogP contribution in [0.15, 0.2) is 37.2 Å². The van der Waals surface area contributed by atoms with E-state index in [2.05, 4.69) is 11.6 Å². The monoisotopic (exact) mass is 333 g/mol. The van der Waals surface area contributed by atoms with Gasteiger partial charge in [0.05, 0.1) is 11.5 Å². The molecule has 23 heavy (non-hydrogen) atoms. The Bertz CT molecular complexity index is 870. The highest BCUT2D eigenvalue weighted by atomic mass is 32.2. The van der Waals surface area contributed by atoms with Crippen LogP contribution in [0.25, 0.3) is 5.65 Å². The van der Waals surface area contributed by atoms with Gasteiger partial charge in [0.1, 0.15) is 11.3 Å². The highest BCUT2D eigenvalue weighted by molar-refractivity contribution is 7.91. The maximum atomic E-state index is 12.8. The second-order valence-electron chi connectivity index (χ2n) is 5.90. The normalized spacial score (nSPS) is 19.8. The van der Waals surface area contributed by atoms with Gasteiger partial charge in [-0.25, -0.2) is 13.4 Å². The molecule has 2 aromatic heterocycles. The van der Waals surface area contributed by atoms with Crippen molar-refractivity contribution in [1.82, 2.24) is 14.3 Å². The van der Waals surface area contributed by atoms with Gasteiger partial charge in [-0.05, 0) is 31.0 Å². The van der Waals surface area contributed by atoms with Crippen LogP contribution in [0.2, 0.25) is 0 Å². The maximum Gasteiger partial charge on any atom is 0.274 e. The Morgan fingerprint density at radius 3 is 3.00 bits per heavy atom. The summed E-state index contributed by atoms with van der Waals surface area (Å²) in [4.78, 5) is 18.7. The molecule has 0 bridgehead atoms. The number of fused-ring (bicyclic) bond motifs is 1. The second-order valence-corrected chi connectivity index (χ2v) is 8.13. The number of aromatic nitrogens is 2. The van der Waals surface area contributed by atoms with E-state index in [1.54, 1.807) is 21.6 Å². The van der Waals surface area contributed by atoms with Gasteiger partial charge >= 0.3 is 0 Å². The highest BCUT2D eigenvalue weighted by Gasteiger charge is 2.35. The quantitative estimate of drug-likeness (QED) is 0.794. The molecule has 0 N–H and O–H groups in total. The van der Waals surface area contributed by atoms with Crippen LogP contribution >= 0.6 is 0 Å². The first-order valence-electron chi connectivity index (χ1n) is 7.47. The number of sulfone groups is 1. The maximum absolute atomic E-state index is 12.8. The van der Waals surface area contributed by atoms with E-state index in [0.29, 0.717) is 24.3 Å². The molecule has 1 unspecified atom stereocenters. The number of hydrogen-bond donors (Lipinski definition) is 0. The molecule has 7 heteroatoms. The fourth-order valence-corrected chi connectivity index (χ4v) is 4.62. The van der Waals surface area contributed by atoms with Crippen molar-refractivity contribution >= 4 is 21.4 Å². The van der Waals surface area contributed by atoms with Gasteiger partial charge in [0, 0.05) is 25.0 Å². The minimum Gasteiger partial charge on any atom is -0.330 e. The third-order valence-corrected chi connectivity index (χ3v) is 5.82. The zero-order valence-corrected chi connectivity index (χ0v) is 13.8. The molecule has 0 saturated carbocycles. The molecule has 6 nitrogen and oxygen atoms in total. The molecule has 1 aliphatic rings. The molecule has 3 heterocycles. The number of rotatable bonds is 4. The molecule has 0 aliphatic carbocycles. The number of hydrogen-bond acceptors (Lipinski definition) is 4. The summed E-state index contributed by atoms with van der Waals surface area (Å²) in [6, 6.07) is 3.53. The number of pyridine rings is 1. The lowest BCUT2D eigenvalue weighted by atomic mass is 10.2. The van der Waals surface area contributed by atoms with Gasteiger partial charge in [0.2, 0.25) is 0 Å². The molecule has 0 radical (unpaired) electrons. The Hall–Kier alpha value is -2.15. The van der Waals surface area contributed by atoms with Crippen molar-refractivity contribution in [3.05, 3.63) is 48.4 Å². The van der Waals surface area contributed by atoms with Crippen molar-refractivity contribution in [1.29, 1.82) is 0 Å². The van der Waals surface area contributed by atoms with Crippen LogP contribution < -0.4 is 0 Å². The Morgan fingerprint density at radius 2 is 2.35 bits per heavy atom. The van der Waals surface area contributed by atoms with Crippen LogP contribution in [-0.2, 0) is 9.84 Å². The molecule has 0 spiro atoms. The van der Waals surface area contributed by atoms with Crippen molar-refractivity contribution in [3.63, 3.8) is 0 Å². The summed E-state index contributed by atoms with van der Waals surface area (Å²) in [5.74, 6) is -0.115. The predicted octanol–water partition coefficient (Wildman–Crippen LogP) is 1.46. The minimum atomic E-state index is -3.06. The van der Waals surface area contributed by atoms with E-state index in [9.17, 15) is 13.2 Å². The van der Waals surface area contributed by atoms with E-state index in [-0.39, 0.29) is 23.5 Å². The molecule has 3 rings (SSSR count). The standard InChI is InChI=1S/C16H19N3O3S/c1-3-6-19(13-5-8-23(21,22)11-13)16(20)14-10-18-7-4-12(2)9-15(18)17-14/h3-4,7,9-10,13H,1,5-6,8,11H2,2H3. The zero-order chi connectivity index (χ0) is 16.6. The van der Waals surface area contributed by atoms with E-state index in [4.69, 9.17) is 0 Å². The van der Waals surface area contributed by atoms with Crippen LogP contribution in [0.5, 0.6) is 0 Å². The van der Waals surface area contributed by atoms with Gasteiger partial charge in [-0.3, -0.25) is 4.79 Å². The molecule has 1 aliphatic heterocycles. The van der Waals surface area contributed by atoms with Gasteiger partial charge in [-0.15, -0.1) is 6.58 Å². The number of aryl methyl sites for hydroxylation is 1. The van der Waals surface area contributed by atoms with Crippen LogP contribution in [-0.4, -0.2) is 52.7 Å². The molecule has 0 aromatic carbocycles. The zero-order valence-electron chi connectivity index (χ0n) is 13.0. The Balaban J connectivity index is 1.92. The Kier molecular flexibility index (Phi) is 3.97. The number of nitrogens with zero attached hydrogens (tertiary/aromatic N) is 3. The topological polar surface area (TPSA) is 71.8 Å². The molecular weight excluding hydrogens is 314 g/mol. The van der Waals surface area contributed by atoms with E-state index in [1.165, 1.54) is 0 Å². The van der Waals surface area contributed by atoms with Crippen molar-refractivity contribution in [2.24, 2.45) is 0 Å². The fourth-order valence-electron chi connectivity index (χ4n) is 2.89. The Labute approximate surface area is 135 Å². The number of imidazole rings is 1. The van der Waals surface area contributed by atoms with Crippen molar-refractivity contribution in [3.8, 4) is 0 Å². The summed E-state index contributed by atoms with van der Waals surface area (Å²) < 4.78 is 25.2. The van der Waals surface area contributed by atoms with Crippen molar-refractivity contribution < 1.29 is 13.2 Å². The SMILES string of the molecule is C=CCN(C(=O)c1cn2ccc(C)cc2n1)C1CCS(=O)(=O)C1. The van der Waals surface area contributed by atoms with Crippen LogP contribution in [0.3, 0.4) is 0 Å². The van der Waals surface area contributed by atoms with Crippen molar-refractivity contribution in [2.45, 2.75) is 19.4 Å². The molecule has 1 atom stereocenters. The third kappa shape index (κ3) is 3.14. The van der Waals surface area contributed by atoms with E-state index in [1.807, 2.05) is 25.3 Å². The van der Waals surface area contributed by atoms with Crippen LogP contribution in [0.4, 0.5) is 0 Å². The summed E-state index contributed by atoms with van der Waals surface area (Å²) in [7, 11) is -3.06. The molecule has 1 fully saturated rings. The third-order valence-electron chi connectivity index (χ3n) is 4.07. The first-order chi connectivity index (χ1) is 10.9. The summed E-state index contributed by atoms with van der Waals surface area (Å²) in [5.41, 5.74) is 2.08. The first-order valence-corrected chi connectivity index (χ1v) is 9.29. The van der Waals surface area contributed by atoms with Crippen LogP contribution in [0.1, 0.15) is 22.5 Å². The van der Waals surface area contributed by atoms with E-state index in [0.717, 1.165) is 5.56 Å². The average molecular weight is 333 g/mol. The first kappa shape index (κ1) is 15.7. The summed E-state index contributed by atoms with van der Waals surface area (Å²) in [6.45, 7) is 5.94. The lowest BCUT2D eigenvalue weighted by molar-refractivity contribution is 0.0715. The summed E-state index contributed by atoms with van der Waals surface area (Å²) in [5, 5.41) is 0. The number of amides is 1. The average Bonchev–Trinajstić information content (AvgIpc) is 3.06. The number of carbonyl (C=O) groups is 1. The van der Waals surface area contributed by atoms with Gasteiger partial charge in [0.15, 0.2) is 9.84 Å². The van der Waals surface area contributed by atoms with Crippen molar-refractivity contribution in [2.75, 3.05) is 18.1 Å². The largest absolute Gasteiger partial charge is 0.330 e. The highest BCUT2D eigenvalue weighted by Crippen LogP contribution is 2.20. The molecule has 1 amide bonds. The van der Waals surface area contributed by atoms with Gasteiger partial charge < -0.3 is 9.30 Å². The predicted molar refractivity (Wildman–Crippen MR) is 88.2 cm³/mol. The smallest absolute Gasteiger partial charge is 0.274 e. The van der Waals surface area contributed by atoms with Gasteiger partial charge in [0.25, 0.3) is 5.91 Å². The minimum absolute atomic E-state index is 0.0130. The molecule has 122 valence electrons. The van der Waals surface area contributed by atoms with Crippen LogP contribution in [0, 0.1) is 6.92 Å². The molecular formula is C16H19N3O3S. The van der Waals surface area contributed by atoms with E-state index < -0.39 is 9.84 Å². The molecule has 2 aromatic rings. The second kappa shape index (κ2) is 5.81. The number of carbonyl (C=O) groups excluding carboxylic acids is 1. The fraction of sp³-hybridized carbons (Fsp3) is 0.375. The lowest BCUT2D eigenvalue weighted by Crippen LogP contribution is -2.41.